The number of aromatic nitrogens is 2. The largest absolute Gasteiger partial charge is 0.374 e. The van der Waals surface area contributed by atoms with Gasteiger partial charge in [0.2, 0.25) is 9.47 Å². The molecule has 0 saturated heterocycles. The van der Waals surface area contributed by atoms with Gasteiger partial charge >= 0.3 is 0 Å². The van der Waals surface area contributed by atoms with Crippen LogP contribution in [-0.2, 0) is 10.0 Å². The average Bonchev–Trinajstić information content (AvgIpc) is 2.71. The van der Waals surface area contributed by atoms with Gasteiger partial charge in [0.1, 0.15) is 0 Å². The van der Waals surface area contributed by atoms with Crippen molar-refractivity contribution in [3.8, 4) is 0 Å². The van der Waals surface area contributed by atoms with Crippen molar-refractivity contribution in [2.24, 2.45) is 0 Å². The summed E-state index contributed by atoms with van der Waals surface area (Å²) in [6.45, 7) is 4.00. The van der Waals surface area contributed by atoms with Crippen LogP contribution >= 0.6 is 11.3 Å². The van der Waals surface area contributed by atoms with Gasteiger partial charge in [-0.2, -0.15) is 0 Å². The molecule has 3 N–H and O–H groups in total. The highest BCUT2D eigenvalue weighted by molar-refractivity contribution is 7.91. The Bertz CT molecular complexity index is 458. The Morgan fingerprint density at radius 3 is 2.61 bits per heavy atom. The predicted molar refractivity (Wildman–Crippen MR) is 72.9 cm³/mol. The molecule has 104 valence electrons. The molecule has 0 fully saturated rings. The molecule has 0 aromatic carbocycles. The third-order valence-corrected chi connectivity index (χ3v) is 5.21. The predicted octanol–water partition coefficient (Wildman–Crippen LogP) is 1.76. The van der Waals surface area contributed by atoms with Crippen LogP contribution in [0, 0.1) is 0 Å². The summed E-state index contributed by atoms with van der Waals surface area (Å²) in [4.78, 5) is 0. The fourth-order valence-electron chi connectivity index (χ4n) is 1.58. The lowest BCUT2D eigenvalue weighted by Crippen LogP contribution is -2.32. The third-order valence-electron chi connectivity index (χ3n) is 2.50. The molecule has 0 aliphatic rings. The fraction of sp³-hybridized carbons (Fsp3) is 0.800. The van der Waals surface area contributed by atoms with Gasteiger partial charge in [0.25, 0.3) is 10.0 Å². The molecule has 0 saturated carbocycles. The number of anilines is 1. The minimum absolute atomic E-state index is 0.0691. The Hall–Kier alpha value is -0.730. The van der Waals surface area contributed by atoms with Gasteiger partial charge in [0.15, 0.2) is 0 Å². The van der Waals surface area contributed by atoms with Gasteiger partial charge in [0.05, 0.1) is 0 Å². The number of hydrogen-bond acceptors (Lipinski definition) is 6. The minimum Gasteiger partial charge on any atom is -0.374 e. The quantitative estimate of drug-likeness (QED) is 0.711. The van der Waals surface area contributed by atoms with E-state index >= 15 is 0 Å². The van der Waals surface area contributed by atoms with Crippen LogP contribution in [0.5, 0.6) is 0 Å². The lowest BCUT2D eigenvalue weighted by Gasteiger charge is -2.12. The summed E-state index contributed by atoms with van der Waals surface area (Å²) < 4.78 is 26.3. The summed E-state index contributed by atoms with van der Waals surface area (Å²) in [5, 5.41) is 7.21. The normalized spacial score (nSPS) is 13.7. The molecule has 0 spiro atoms. The molecule has 1 atom stereocenters. The van der Waals surface area contributed by atoms with Crippen molar-refractivity contribution in [1.82, 2.24) is 14.9 Å². The van der Waals surface area contributed by atoms with E-state index in [1.165, 1.54) is 12.8 Å². The van der Waals surface area contributed by atoms with Crippen LogP contribution in [0.1, 0.15) is 46.0 Å². The Kier molecular flexibility index (Phi) is 5.97. The number of unbranched alkanes of at least 4 members (excludes halogenated alkanes) is 3. The molecule has 18 heavy (non-hydrogen) atoms. The molecule has 0 amide bonds. The average molecular weight is 292 g/mol. The maximum atomic E-state index is 11.9. The van der Waals surface area contributed by atoms with Gasteiger partial charge in [-0.1, -0.05) is 43.9 Å². The molecule has 6 nitrogen and oxygen atoms in total. The number of nitrogens with one attached hydrogen (secondary N) is 1. The van der Waals surface area contributed by atoms with Crippen LogP contribution < -0.4 is 10.5 Å². The number of nitrogen functional groups attached to an aromatic ring is 1. The highest BCUT2D eigenvalue weighted by Gasteiger charge is 2.21. The first-order valence-electron chi connectivity index (χ1n) is 6.07. The van der Waals surface area contributed by atoms with Crippen molar-refractivity contribution in [2.45, 2.75) is 56.3 Å². The van der Waals surface area contributed by atoms with Gasteiger partial charge in [-0.3, -0.25) is 0 Å². The molecular weight excluding hydrogens is 272 g/mol. The standard InChI is InChI=1S/C10H20N4O2S2/c1-3-4-5-6-7-8(2)14-18(15,16)10-13-12-9(11)17-10/h8,14H,3-7H2,1-2H3,(H2,11,12). The Morgan fingerprint density at radius 1 is 1.33 bits per heavy atom. The van der Waals surface area contributed by atoms with Crippen molar-refractivity contribution in [3.05, 3.63) is 0 Å². The zero-order valence-electron chi connectivity index (χ0n) is 10.7. The van der Waals surface area contributed by atoms with Crippen molar-refractivity contribution in [1.29, 1.82) is 0 Å². The van der Waals surface area contributed by atoms with Crippen LogP contribution in [0.4, 0.5) is 5.13 Å². The van der Waals surface area contributed by atoms with E-state index < -0.39 is 10.0 Å². The number of rotatable bonds is 8. The summed E-state index contributed by atoms with van der Waals surface area (Å²) in [5.41, 5.74) is 5.37. The molecule has 1 aromatic rings. The highest BCUT2D eigenvalue weighted by Crippen LogP contribution is 2.17. The Labute approximate surface area is 112 Å². The van der Waals surface area contributed by atoms with E-state index in [2.05, 4.69) is 21.8 Å². The molecular formula is C10H20N4O2S2. The number of nitrogens with zero attached hydrogens (tertiary/aromatic N) is 2. The van der Waals surface area contributed by atoms with Gasteiger partial charge in [-0.15, -0.1) is 10.2 Å². The van der Waals surface area contributed by atoms with Crippen LogP contribution in [-0.4, -0.2) is 24.7 Å². The zero-order valence-corrected chi connectivity index (χ0v) is 12.4. The summed E-state index contributed by atoms with van der Waals surface area (Å²) in [6, 6.07) is -0.100. The molecule has 1 aromatic heterocycles. The molecule has 0 bridgehead atoms. The zero-order chi connectivity index (χ0) is 13.6. The maximum Gasteiger partial charge on any atom is 0.270 e. The van der Waals surface area contributed by atoms with E-state index in [1.807, 2.05) is 6.92 Å². The van der Waals surface area contributed by atoms with E-state index in [1.54, 1.807) is 0 Å². The molecule has 1 rings (SSSR count). The summed E-state index contributed by atoms with van der Waals surface area (Å²) in [5.74, 6) is 0. The SMILES string of the molecule is CCCCCCC(C)NS(=O)(=O)c1nnc(N)s1. The van der Waals surface area contributed by atoms with E-state index in [4.69, 9.17) is 5.73 Å². The first kappa shape index (κ1) is 15.3. The van der Waals surface area contributed by atoms with Gasteiger partial charge in [-0.25, -0.2) is 13.1 Å². The number of nitrogens with two attached hydrogens (primary N) is 1. The van der Waals surface area contributed by atoms with Crippen LogP contribution in [0.25, 0.3) is 0 Å². The van der Waals surface area contributed by atoms with E-state index in [-0.39, 0.29) is 15.5 Å². The molecule has 0 aliphatic carbocycles. The Balaban J connectivity index is 2.45. The first-order chi connectivity index (χ1) is 8.45. The van der Waals surface area contributed by atoms with Crippen LogP contribution in [0.15, 0.2) is 4.34 Å². The lowest BCUT2D eigenvalue weighted by molar-refractivity contribution is 0.521. The molecule has 0 radical (unpaired) electrons. The summed E-state index contributed by atoms with van der Waals surface area (Å²) in [6.07, 6.45) is 5.34. The maximum absolute atomic E-state index is 11.9. The molecule has 0 aliphatic heterocycles. The minimum atomic E-state index is -3.57. The topological polar surface area (TPSA) is 98.0 Å². The van der Waals surface area contributed by atoms with Crippen molar-refractivity contribution < 1.29 is 8.42 Å². The fourth-order valence-corrected chi connectivity index (χ4v) is 3.66. The second-order valence-electron chi connectivity index (χ2n) is 4.28. The van der Waals surface area contributed by atoms with Crippen LogP contribution in [0.3, 0.4) is 0 Å². The van der Waals surface area contributed by atoms with Crippen LogP contribution in [0.2, 0.25) is 0 Å². The van der Waals surface area contributed by atoms with Crippen molar-refractivity contribution in [3.63, 3.8) is 0 Å². The van der Waals surface area contributed by atoms with Crippen molar-refractivity contribution in [2.75, 3.05) is 5.73 Å². The highest BCUT2D eigenvalue weighted by atomic mass is 32.2. The van der Waals surface area contributed by atoms with E-state index in [0.29, 0.717) is 0 Å². The monoisotopic (exact) mass is 292 g/mol. The second-order valence-corrected chi connectivity index (χ2v) is 7.17. The second kappa shape index (κ2) is 7.01. The third kappa shape index (κ3) is 4.87. The van der Waals surface area contributed by atoms with E-state index in [9.17, 15) is 8.42 Å². The van der Waals surface area contributed by atoms with E-state index in [0.717, 1.165) is 30.6 Å². The summed E-state index contributed by atoms with van der Waals surface area (Å²) >= 11 is 0.874. The smallest absolute Gasteiger partial charge is 0.270 e. The summed E-state index contributed by atoms with van der Waals surface area (Å²) in [7, 11) is -3.57. The molecule has 1 unspecified atom stereocenters. The van der Waals surface area contributed by atoms with Gasteiger partial charge in [0, 0.05) is 6.04 Å². The number of hydrogen-bond donors (Lipinski definition) is 2. The van der Waals surface area contributed by atoms with Gasteiger partial charge < -0.3 is 5.73 Å². The lowest BCUT2D eigenvalue weighted by atomic mass is 10.1. The van der Waals surface area contributed by atoms with Crippen molar-refractivity contribution >= 4 is 26.5 Å². The first-order valence-corrected chi connectivity index (χ1v) is 8.37. The van der Waals surface area contributed by atoms with Gasteiger partial charge in [-0.05, 0) is 13.3 Å². The number of sulfonamides is 1. The molecule has 1 heterocycles. The Morgan fingerprint density at radius 2 is 2.06 bits per heavy atom. The molecule has 8 heteroatoms.